The fourth-order valence-corrected chi connectivity index (χ4v) is 3.60. The Morgan fingerprint density at radius 2 is 2.08 bits per heavy atom. The van der Waals surface area contributed by atoms with E-state index >= 15 is 0 Å². The summed E-state index contributed by atoms with van der Waals surface area (Å²) in [6.07, 6.45) is 7.22. The van der Waals surface area contributed by atoms with Gasteiger partial charge in [-0.1, -0.05) is 6.42 Å². The molecule has 1 N–H and O–H groups in total. The lowest BCUT2D eigenvalue weighted by molar-refractivity contribution is 0.297. The molecule has 0 spiro atoms. The highest BCUT2D eigenvalue weighted by Gasteiger charge is 2.24. The van der Waals surface area contributed by atoms with Crippen LogP contribution in [0, 0.1) is 5.92 Å². The smallest absolute Gasteiger partial charge is 0.0103 e. The Kier molecular flexibility index (Phi) is 3.35. The van der Waals surface area contributed by atoms with E-state index in [4.69, 9.17) is 0 Å². The number of nitrogens with one attached hydrogen (secondary N) is 1. The predicted molar refractivity (Wildman–Crippen MR) is 55.7 cm³/mol. The highest BCUT2D eigenvalue weighted by molar-refractivity contribution is 7.99. The highest BCUT2D eigenvalue weighted by atomic mass is 32.2. The molecule has 2 saturated heterocycles. The van der Waals surface area contributed by atoms with Gasteiger partial charge >= 0.3 is 0 Å². The first kappa shape index (κ1) is 8.89. The molecule has 2 aliphatic rings. The van der Waals surface area contributed by atoms with Crippen LogP contribution in [0.3, 0.4) is 0 Å². The number of rotatable bonds is 1. The van der Waals surface area contributed by atoms with Crippen LogP contribution in [-0.2, 0) is 0 Å². The molecule has 0 saturated carbocycles. The van der Waals surface area contributed by atoms with E-state index < -0.39 is 0 Å². The van der Waals surface area contributed by atoms with Crippen LogP contribution in [0.25, 0.3) is 0 Å². The Hall–Kier alpha value is 0.310. The van der Waals surface area contributed by atoms with Gasteiger partial charge in [-0.25, -0.2) is 0 Å². The lowest BCUT2D eigenvalue weighted by Gasteiger charge is -2.33. The molecule has 12 heavy (non-hydrogen) atoms. The summed E-state index contributed by atoms with van der Waals surface area (Å²) in [5.74, 6) is 3.81. The summed E-state index contributed by atoms with van der Waals surface area (Å²) in [4.78, 5) is 0. The van der Waals surface area contributed by atoms with E-state index in [9.17, 15) is 0 Å². The highest BCUT2D eigenvalue weighted by Crippen LogP contribution is 2.28. The van der Waals surface area contributed by atoms with Crippen molar-refractivity contribution in [1.82, 2.24) is 5.32 Å². The van der Waals surface area contributed by atoms with Gasteiger partial charge in [0.1, 0.15) is 0 Å². The first-order valence-corrected chi connectivity index (χ1v) is 6.43. The van der Waals surface area contributed by atoms with Crippen LogP contribution in [-0.4, -0.2) is 24.1 Å². The maximum absolute atomic E-state index is 3.68. The zero-order valence-electron chi connectivity index (χ0n) is 7.72. The van der Waals surface area contributed by atoms with Gasteiger partial charge in [0.05, 0.1) is 0 Å². The molecule has 2 fully saturated rings. The monoisotopic (exact) mass is 185 g/mol. The molecule has 1 nitrogen and oxygen atoms in total. The third-order valence-corrected chi connectivity index (χ3v) is 4.35. The summed E-state index contributed by atoms with van der Waals surface area (Å²) < 4.78 is 0. The molecule has 2 rings (SSSR count). The molecule has 2 aliphatic heterocycles. The van der Waals surface area contributed by atoms with E-state index in [1.165, 1.54) is 50.2 Å². The van der Waals surface area contributed by atoms with Crippen molar-refractivity contribution in [2.24, 2.45) is 5.92 Å². The summed E-state index contributed by atoms with van der Waals surface area (Å²) in [6.45, 7) is 1.27. The average Bonchev–Trinajstić information content (AvgIpc) is 2.21. The molecule has 2 unspecified atom stereocenters. The fraction of sp³-hybridized carbons (Fsp3) is 1.00. The molecular weight excluding hydrogens is 166 g/mol. The number of hydrogen-bond donors (Lipinski definition) is 1. The largest absolute Gasteiger partial charge is 0.314 e. The molecular formula is C10H19NS. The van der Waals surface area contributed by atoms with Crippen LogP contribution in [0.15, 0.2) is 0 Å². The molecule has 0 radical (unpaired) electrons. The van der Waals surface area contributed by atoms with Gasteiger partial charge in [0.25, 0.3) is 0 Å². The van der Waals surface area contributed by atoms with Crippen molar-refractivity contribution in [2.45, 2.75) is 38.1 Å². The summed E-state index contributed by atoms with van der Waals surface area (Å²) in [5.41, 5.74) is 0. The van der Waals surface area contributed by atoms with Crippen LogP contribution in [0.2, 0.25) is 0 Å². The summed E-state index contributed by atoms with van der Waals surface area (Å²) in [5, 5.41) is 3.68. The maximum atomic E-state index is 3.68. The van der Waals surface area contributed by atoms with Crippen LogP contribution < -0.4 is 5.32 Å². The van der Waals surface area contributed by atoms with E-state index in [-0.39, 0.29) is 0 Å². The van der Waals surface area contributed by atoms with Crippen LogP contribution in [0.4, 0.5) is 0 Å². The second-order valence-corrected chi connectivity index (χ2v) is 5.18. The van der Waals surface area contributed by atoms with Crippen molar-refractivity contribution in [3.05, 3.63) is 0 Å². The summed E-state index contributed by atoms with van der Waals surface area (Å²) >= 11 is 2.16. The lowest BCUT2D eigenvalue weighted by atomic mass is 9.90. The van der Waals surface area contributed by atoms with Crippen molar-refractivity contribution < 1.29 is 0 Å². The second kappa shape index (κ2) is 4.52. The molecule has 2 heteroatoms. The predicted octanol–water partition coefficient (Wildman–Crippen LogP) is 2.27. The minimum Gasteiger partial charge on any atom is -0.314 e. The molecule has 2 atom stereocenters. The molecule has 0 aromatic heterocycles. The summed E-state index contributed by atoms with van der Waals surface area (Å²) in [7, 11) is 0. The van der Waals surface area contributed by atoms with E-state index in [0.29, 0.717) is 0 Å². The quantitative estimate of drug-likeness (QED) is 0.672. The van der Waals surface area contributed by atoms with E-state index in [0.717, 1.165) is 12.0 Å². The standard InChI is InChI=1S/C10H19NS/c1-2-6-11-10(5-1)9-4-3-7-12-8-9/h9-11H,1-8H2. The van der Waals surface area contributed by atoms with Crippen molar-refractivity contribution >= 4 is 11.8 Å². The molecule has 0 aromatic rings. The zero-order chi connectivity index (χ0) is 8.23. The summed E-state index contributed by atoms with van der Waals surface area (Å²) in [6, 6.07) is 0.867. The third kappa shape index (κ3) is 2.17. The van der Waals surface area contributed by atoms with Gasteiger partial charge in [0, 0.05) is 6.04 Å². The minimum atomic E-state index is 0.867. The van der Waals surface area contributed by atoms with Gasteiger partial charge in [-0.15, -0.1) is 0 Å². The van der Waals surface area contributed by atoms with E-state index in [2.05, 4.69) is 17.1 Å². The normalized spacial score (nSPS) is 38.0. The van der Waals surface area contributed by atoms with Crippen LogP contribution >= 0.6 is 11.8 Å². The van der Waals surface area contributed by atoms with Crippen molar-refractivity contribution in [1.29, 1.82) is 0 Å². The van der Waals surface area contributed by atoms with Crippen LogP contribution in [0.1, 0.15) is 32.1 Å². The average molecular weight is 185 g/mol. The lowest BCUT2D eigenvalue weighted by Crippen LogP contribution is -2.41. The van der Waals surface area contributed by atoms with Crippen molar-refractivity contribution in [3.63, 3.8) is 0 Å². The van der Waals surface area contributed by atoms with Gasteiger partial charge in [-0.05, 0) is 49.7 Å². The molecule has 70 valence electrons. The van der Waals surface area contributed by atoms with Crippen molar-refractivity contribution in [2.75, 3.05) is 18.1 Å². The molecule has 2 heterocycles. The van der Waals surface area contributed by atoms with Gasteiger partial charge in [-0.3, -0.25) is 0 Å². The maximum Gasteiger partial charge on any atom is 0.0103 e. The molecule has 0 aliphatic carbocycles. The van der Waals surface area contributed by atoms with Gasteiger partial charge in [0.15, 0.2) is 0 Å². The van der Waals surface area contributed by atoms with E-state index in [1.807, 2.05) is 0 Å². The number of piperidine rings is 1. The van der Waals surface area contributed by atoms with Crippen molar-refractivity contribution in [3.8, 4) is 0 Å². The fourth-order valence-electron chi connectivity index (χ4n) is 2.36. The van der Waals surface area contributed by atoms with Gasteiger partial charge < -0.3 is 5.32 Å². The molecule has 0 amide bonds. The first-order valence-electron chi connectivity index (χ1n) is 5.28. The third-order valence-electron chi connectivity index (χ3n) is 3.11. The van der Waals surface area contributed by atoms with Crippen LogP contribution in [0.5, 0.6) is 0 Å². The number of thioether (sulfide) groups is 1. The Labute approximate surface area is 79.7 Å². The van der Waals surface area contributed by atoms with E-state index in [1.54, 1.807) is 0 Å². The first-order chi connectivity index (χ1) is 5.97. The zero-order valence-corrected chi connectivity index (χ0v) is 8.54. The molecule has 0 aromatic carbocycles. The topological polar surface area (TPSA) is 12.0 Å². The Morgan fingerprint density at radius 1 is 1.08 bits per heavy atom. The SMILES string of the molecule is C1CCC(C2CCCSC2)NC1. The Morgan fingerprint density at radius 3 is 2.75 bits per heavy atom. The second-order valence-electron chi connectivity index (χ2n) is 4.03. The van der Waals surface area contributed by atoms with Gasteiger partial charge in [0.2, 0.25) is 0 Å². The minimum absolute atomic E-state index is 0.867. The van der Waals surface area contributed by atoms with Gasteiger partial charge in [-0.2, -0.15) is 11.8 Å². The Bertz CT molecular complexity index is 110. The molecule has 0 bridgehead atoms. The Balaban J connectivity index is 1.80. The number of hydrogen-bond acceptors (Lipinski definition) is 2.